The number of phenolic OH excluding ortho intramolecular Hbond substituents is 2. The van der Waals surface area contributed by atoms with Crippen LogP contribution in [-0.2, 0) is 19.5 Å². The van der Waals surface area contributed by atoms with Crippen molar-refractivity contribution in [2.24, 2.45) is 0 Å². The predicted octanol–water partition coefficient (Wildman–Crippen LogP) is 2.41. The molecule has 2 heterocycles. The number of fused-ring (bicyclic) bond motifs is 1. The molecule has 1 aliphatic rings. The lowest BCUT2D eigenvalue weighted by Gasteiger charge is -2.27. The van der Waals surface area contributed by atoms with Crippen molar-refractivity contribution in [1.29, 1.82) is 0 Å². The number of hydrogen-bond acceptors (Lipinski definition) is 5. The van der Waals surface area contributed by atoms with Gasteiger partial charge in [0.1, 0.15) is 5.82 Å². The normalized spacial score (nSPS) is 14.2. The Bertz CT molecular complexity index is 999. The molecular formula is C20H19N3O3. The lowest BCUT2D eigenvalue weighted by Crippen LogP contribution is -2.35. The minimum atomic E-state index is -0.133. The Morgan fingerprint density at radius 1 is 1.08 bits per heavy atom. The molecule has 0 radical (unpaired) electrons. The highest BCUT2D eigenvalue weighted by molar-refractivity contribution is 5.54. The zero-order chi connectivity index (χ0) is 18.1. The van der Waals surface area contributed by atoms with E-state index >= 15 is 0 Å². The maximum absolute atomic E-state index is 12.6. The minimum Gasteiger partial charge on any atom is -0.504 e. The summed E-state index contributed by atoms with van der Waals surface area (Å²) in [6.07, 6.45) is 0.698. The first-order chi connectivity index (χ1) is 12.6. The van der Waals surface area contributed by atoms with Crippen LogP contribution in [-0.4, -0.2) is 31.6 Å². The molecule has 0 amide bonds. The summed E-state index contributed by atoms with van der Waals surface area (Å²) in [4.78, 5) is 22.2. The number of aromatic hydroxyl groups is 2. The average molecular weight is 349 g/mol. The summed E-state index contributed by atoms with van der Waals surface area (Å²) in [5.41, 5.74) is 3.21. The molecule has 26 heavy (non-hydrogen) atoms. The summed E-state index contributed by atoms with van der Waals surface area (Å²) in [6.45, 7) is 1.88. The van der Waals surface area contributed by atoms with Crippen LogP contribution in [0.25, 0.3) is 11.4 Å². The van der Waals surface area contributed by atoms with E-state index < -0.39 is 0 Å². The number of benzene rings is 2. The number of rotatable bonds is 3. The second-order valence-electron chi connectivity index (χ2n) is 6.49. The van der Waals surface area contributed by atoms with Gasteiger partial charge in [-0.25, -0.2) is 4.98 Å². The van der Waals surface area contributed by atoms with Gasteiger partial charge in [-0.05, 0) is 17.7 Å². The van der Waals surface area contributed by atoms with Gasteiger partial charge in [-0.15, -0.1) is 0 Å². The standard InChI is InChI=1S/C20H19N3O3/c24-17-7-6-13(10-18(17)25)11-23-9-8-16-15(12-23)20(26)22-19(21-16)14-4-2-1-3-5-14/h1-7,10,24-25H,8-9,11-12H2,(H,21,22,26). The van der Waals surface area contributed by atoms with Crippen molar-refractivity contribution in [3.63, 3.8) is 0 Å². The van der Waals surface area contributed by atoms with Gasteiger partial charge in [0.05, 0.1) is 11.3 Å². The van der Waals surface area contributed by atoms with Crippen LogP contribution in [0.15, 0.2) is 53.3 Å². The van der Waals surface area contributed by atoms with Crippen LogP contribution in [0.3, 0.4) is 0 Å². The fraction of sp³-hybridized carbons (Fsp3) is 0.200. The molecule has 3 aromatic rings. The summed E-state index contributed by atoms with van der Waals surface area (Å²) in [7, 11) is 0. The molecule has 2 aromatic carbocycles. The lowest BCUT2D eigenvalue weighted by atomic mass is 10.1. The summed E-state index contributed by atoms with van der Waals surface area (Å²) in [6, 6.07) is 14.4. The molecule has 6 nitrogen and oxygen atoms in total. The first kappa shape index (κ1) is 16.4. The zero-order valence-electron chi connectivity index (χ0n) is 14.1. The zero-order valence-corrected chi connectivity index (χ0v) is 14.1. The minimum absolute atomic E-state index is 0.105. The third kappa shape index (κ3) is 3.19. The van der Waals surface area contributed by atoms with E-state index in [0.29, 0.717) is 30.9 Å². The maximum Gasteiger partial charge on any atom is 0.255 e. The van der Waals surface area contributed by atoms with Crippen molar-refractivity contribution < 1.29 is 10.2 Å². The topological polar surface area (TPSA) is 89.5 Å². The third-order valence-electron chi connectivity index (χ3n) is 4.64. The fourth-order valence-corrected chi connectivity index (χ4v) is 3.27. The average Bonchev–Trinajstić information content (AvgIpc) is 2.66. The van der Waals surface area contributed by atoms with Gasteiger partial charge in [-0.3, -0.25) is 9.69 Å². The van der Waals surface area contributed by atoms with E-state index in [1.807, 2.05) is 30.3 Å². The molecule has 6 heteroatoms. The van der Waals surface area contributed by atoms with Gasteiger partial charge < -0.3 is 15.2 Å². The summed E-state index contributed by atoms with van der Waals surface area (Å²) in [5.74, 6) is 0.338. The van der Waals surface area contributed by atoms with E-state index in [-0.39, 0.29) is 17.1 Å². The van der Waals surface area contributed by atoms with Crippen molar-refractivity contribution in [2.45, 2.75) is 19.5 Å². The van der Waals surface area contributed by atoms with Gasteiger partial charge in [-0.1, -0.05) is 36.4 Å². The molecule has 0 saturated carbocycles. The Kier molecular flexibility index (Phi) is 4.18. The number of hydrogen-bond donors (Lipinski definition) is 3. The molecule has 3 N–H and O–H groups in total. The van der Waals surface area contributed by atoms with Gasteiger partial charge in [0.25, 0.3) is 5.56 Å². The number of H-pyrrole nitrogens is 1. The monoisotopic (exact) mass is 349 g/mol. The number of aromatic nitrogens is 2. The lowest BCUT2D eigenvalue weighted by molar-refractivity contribution is 0.241. The highest BCUT2D eigenvalue weighted by Gasteiger charge is 2.21. The number of nitrogens with zero attached hydrogens (tertiary/aromatic N) is 2. The third-order valence-corrected chi connectivity index (χ3v) is 4.64. The van der Waals surface area contributed by atoms with Crippen LogP contribution < -0.4 is 5.56 Å². The van der Waals surface area contributed by atoms with Crippen LogP contribution >= 0.6 is 0 Å². The van der Waals surface area contributed by atoms with Crippen LogP contribution in [0.1, 0.15) is 16.8 Å². The number of phenols is 2. The molecule has 132 valence electrons. The van der Waals surface area contributed by atoms with Gasteiger partial charge in [0.15, 0.2) is 11.5 Å². The van der Waals surface area contributed by atoms with Crippen molar-refractivity contribution in [2.75, 3.05) is 6.54 Å². The van der Waals surface area contributed by atoms with Crippen molar-refractivity contribution in [1.82, 2.24) is 14.9 Å². The summed E-state index contributed by atoms with van der Waals surface area (Å²) in [5, 5.41) is 19.1. The summed E-state index contributed by atoms with van der Waals surface area (Å²) >= 11 is 0. The van der Waals surface area contributed by atoms with Gasteiger partial charge in [0, 0.05) is 31.6 Å². The first-order valence-corrected chi connectivity index (χ1v) is 8.51. The Hall–Kier alpha value is -3.12. The SMILES string of the molecule is O=c1[nH]c(-c2ccccc2)nc2c1CN(Cc1ccc(O)c(O)c1)CC2. The van der Waals surface area contributed by atoms with E-state index in [1.54, 1.807) is 12.1 Å². The largest absolute Gasteiger partial charge is 0.504 e. The highest BCUT2D eigenvalue weighted by Crippen LogP contribution is 2.26. The van der Waals surface area contributed by atoms with E-state index in [4.69, 9.17) is 0 Å². The smallest absolute Gasteiger partial charge is 0.255 e. The van der Waals surface area contributed by atoms with Crippen LogP contribution in [0, 0.1) is 0 Å². The molecule has 0 aliphatic carbocycles. The first-order valence-electron chi connectivity index (χ1n) is 8.51. The van der Waals surface area contributed by atoms with Gasteiger partial charge >= 0.3 is 0 Å². The summed E-state index contributed by atoms with van der Waals surface area (Å²) < 4.78 is 0. The molecule has 0 spiro atoms. The molecule has 0 fully saturated rings. The Morgan fingerprint density at radius 3 is 2.65 bits per heavy atom. The Labute approximate surface area is 150 Å². The molecule has 0 bridgehead atoms. The van der Waals surface area contributed by atoms with E-state index in [0.717, 1.165) is 23.4 Å². The van der Waals surface area contributed by atoms with Gasteiger partial charge in [-0.2, -0.15) is 0 Å². The van der Waals surface area contributed by atoms with Crippen molar-refractivity contribution in [3.8, 4) is 22.9 Å². The molecule has 1 aliphatic heterocycles. The van der Waals surface area contributed by atoms with Crippen LogP contribution in [0.4, 0.5) is 0 Å². The highest BCUT2D eigenvalue weighted by atomic mass is 16.3. The van der Waals surface area contributed by atoms with Crippen LogP contribution in [0.5, 0.6) is 11.5 Å². The Morgan fingerprint density at radius 2 is 1.88 bits per heavy atom. The molecule has 0 atom stereocenters. The molecule has 4 rings (SSSR count). The number of aromatic amines is 1. The Balaban J connectivity index is 1.57. The molecule has 0 saturated heterocycles. The molecule has 0 unspecified atom stereocenters. The fourth-order valence-electron chi connectivity index (χ4n) is 3.27. The van der Waals surface area contributed by atoms with Gasteiger partial charge in [0.2, 0.25) is 0 Å². The van der Waals surface area contributed by atoms with Crippen LogP contribution in [0.2, 0.25) is 0 Å². The van der Waals surface area contributed by atoms with E-state index in [1.165, 1.54) is 6.07 Å². The van der Waals surface area contributed by atoms with Crippen molar-refractivity contribution in [3.05, 3.63) is 75.7 Å². The second-order valence-corrected chi connectivity index (χ2v) is 6.49. The maximum atomic E-state index is 12.6. The number of nitrogens with one attached hydrogen (secondary N) is 1. The van der Waals surface area contributed by atoms with E-state index in [9.17, 15) is 15.0 Å². The quantitative estimate of drug-likeness (QED) is 0.632. The molecular weight excluding hydrogens is 330 g/mol. The van der Waals surface area contributed by atoms with Crippen molar-refractivity contribution >= 4 is 0 Å². The van der Waals surface area contributed by atoms with E-state index in [2.05, 4.69) is 14.9 Å². The predicted molar refractivity (Wildman–Crippen MR) is 97.9 cm³/mol. The second kappa shape index (κ2) is 6.65. The molecule has 1 aromatic heterocycles.